The van der Waals surface area contributed by atoms with E-state index in [0.717, 1.165) is 13.0 Å². The van der Waals surface area contributed by atoms with Crippen molar-refractivity contribution >= 4 is 11.3 Å². The van der Waals surface area contributed by atoms with Gasteiger partial charge in [0.05, 0.1) is 6.54 Å². The van der Waals surface area contributed by atoms with Crippen LogP contribution in [0.2, 0.25) is 0 Å². The Morgan fingerprint density at radius 1 is 1.32 bits per heavy atom. The number of nitrogens with zero attached hydrogens (tertiary/aromatic N) is 1. The molecule has 1 aliphatic rings. The molecule has 102 valence electrons. The van der Waals surface area contributed by atoms with Gasteiger partial charge in [-0.1, -0.05) is 0 Å². The molecule has 0 amide bonds. The molecule has 2 heterocycles. The van der Waals surface area contributed by atoms with Crippen molar-refractivity contribution in [3.05, 3.63) is 44.4 Å². The molecule has 0 saturated heterocycles. The van der Waals surface area contributed by atoms with E-state index in [1.54, 1.807) is 0 Å². The van der Waals surface area contributed by atoms with Gasteiger partial charge in [-0.15, -0.1) is 11.3 Å². The van der Waals surface area contributed by atoms with E-state index in [1.165, 1.54) is 45.1 Å². The van der Waals surface area contributed by atoms with Crippen LogP contribution in [0.4, 0.5) is 0 Å². The highest BCUT2D eigenvalue weighted by atomic mass is 32.1. The second-order valence-corrected chi connectivity index (χ2v) is 7.07. The Morgan fingerprint density at radius 3 is 2.79 bits per heavy atom. The molecule has 1 atom stereocenters. The standard InChI is InChI=1S/C16H22N2S/c1-10-7-13(19-12(10)3)9-18-11(2)8-14-15(17)5-4-6-16(14)18/h7-8,15H,4-6,9,17H2,1-3H3. The zero-order chi connectivity index (χ0) is 13.6. The van der Waals surface area contributed by atoms with Crippen molar-refractivity contribution in [2.45, 2.75) is 52.6 Å². The van der Waals surface area contributed by atoms with Gasteiger partial charge in [0, 0.05) is 27.2 Å². The predicted octanol–water partition coefficient (Wildman–Crippen LogP) is 3.86. The highest BCUT2D eigenvalue weighted by Gasteiger charge is 2.22. The normalized spacial score (nSPS) is 18.6. The molecule has 2 N–H and O–H groups in total. The molecule has 2 aromatic heterocycles. The molecule has 2 aromatic rings. The van der Waals surface area contributed by atoms with Crippen molar-refractivity contribution in [2.75, 3.05) is 0 Å². The fraction of sp³-hybridized carbons (Fsp3) is 0.500. The van der Waals surface area contributed by atoms with Gasteiger partial charge < -0.3 is 10.3 Å². The Labute approximate surface area is 119 Å². The molecule has 2 nitrogen and oxygen atoms in total. The summed E-state index contributed by atoms with van der Waals surface area (Å²) in [6.45, 7) is 7.62. The van der Waals surface area contributed by atoms with E-state index < -0.39 is 0 Å². The number of fused-ring (bicyclic) bond motifs is 1. The predicted molar refractivity (Wildman–Crippen MR) is 81.9 cm³/mol. The van der Waals surface area contributed by atoms with Crippen LogP contribution in [-0.4, -0.2) is 4.57 Å². The highest BCUT2D eigenvalue weighted by Crippen LogP contribution is 2.32. The average molecular weight is 274 g/mol. The van der Waals surface area contributed by atoms with Gasteiger partial charge in [-0.25, -0.2) is 0 Å². The van der Waals surface area contributed by atoms with Crippen molar-refractivity contribution in [3.63, 3.8) is 0 Å². The van der Waals surface area contributed by atoms with Gasteiger partial charge in [-0.05, 0) is 63.3 Å². The number of thiophene rings is 1. The summed E-state index contributed by atoms with van der Waals surface area (Å²) in [5, 5.41) is 0. The van der Waals surface area contributed by atoms with Crippen LogP contribution in [0.3, 0.4) is 0 Å². The molecular formula is C16H22N2S. The summed E-state index contributed by atoms with van der Waals surface area (Å²) in [6, 6.07) is 4.87. The summed E-state index contributed by atoms with van der Waals surface area (Å²) in [5.74, 6) is 0. The van der Waals surface area contributed by atoms with Crippen molar-refractivity contribution in [1.29, 1.82) is 0 Å². The lowest BCUT2D eigenvalue weighted by Crippen LogP contribution is -2.18. The summed E-state index contributed by atoms with van der Waals surface area (Å²) in [4.78, 5) is 2.89. The molecule has 19 heavy (non-hydrogen) atoms. The number of hydrogen-bond donors (Lipinski definition) is 1. The Bertz CT molecular complexity index is 587. The smallest absolute Gasteiger partial charge is 0.0569 e. The Balaban J connectivity index is 1.97. The summed E-state index contributed by atoms with van der Waals surface area (Å²) in [6.07, 6.45) is 3.54. The summed E-state index contributed by atoms with van der Waals surface area (Å²) < 4.78 is 2.47. The number of nitrogens with two attached hydrogens (primary N) is 1. The quantitative estimate of drug-likeness (QED) is 0.885. The first-order chi connectivity index (χ1) is 9.06. The van der Waals surface area contributed by atoms with Crippen LogP contribution in [0.1, 0.15) is 51.2 Å². The van der Waals surface area contributed by atoms with E-state index in [2.05, 4.69) is 37.5 Å². The van der Waals surface area contributed by atoms with Crippen LogP contribution in [-0.2, 0) is 13.0 Å². The monoisotopic (exact) mass is 274 g/mol. The van der Waals surface area contributed by atoms with Crippen LogP contribution in [0.15, 0.2) is 12.1 Å². The summed E-state index contributed by atoms with van der Waals surface area (Å²) in [5.41, 5.74) is 11.9. The van der Waals surface area contributed by atoms with Crippen molar-refractivity contribution < 1.29 is 0 Å². The van der Waals surface area contributed by atoms with E-state index in [4.69, 9.17) is 5.73 Å². The maximum Gasteiger partial charge on any atom is 0.0569 e. The number of hydrogen-bond acceptors (Lipinski definition) is 2. The van der Waals surface area contributed by atoms with Gasteiger partial charge in [0.2, 0.25) is 0 Å². The number of rotatable bonds is 2. The number of aromatic nitrogens is 1. The lowest BCUT2D eigenvalue weighted by molar-refractivity contribution is 0.547. The molecule has 3 rings (SSSR count). The van der Waals surface area contributed by atoms with Gasteiger partial charge in [0.25, 0.3) is 0 Å². The summed E-state index contributed by atoms with van der Waals surface area (Å²) in [7, 11) is 0. The Hall–Kier alpha value is -1.06. The largest absolute Gasteiger partial charge is 0.343 e. The van der Waals surface area contributed by atoms with Gasteiger partial charge in [-0.3, -0.25) is 0 Å². The van der Waals surface area contributed by atoms with Crippen LogP contribution in [0.5, 0.6) is 0 Å². The minimum Gasteiger partial charge on any atom is -0.343 e. The highest BCUT2D eigenvalue weighted by molar-refractivity contribution is 7.12. The maximum atomic E-state index is 6.24. The topological polar surface area (TPSA) is 30.9 Å². The van der Waals surface area contributed by atoms with Gasteiger partial charge in [-0.2, -0.15) is 0 Å². The fourth-order valence-corrected chi connectivity index (χ4v) is 4.15. The average Bonchev–Trinajstić information content (AvgIpc) is 2.84. The molecule has 0 radical (unpaired) electrons. The molecule has 0 saturated carbocycles. The summed E-state index contributed by atoms with van der Waals surface area (Å²) >= 11 is 1.92. The zero-order valence-corrected chi connectivity index (χ0v) is 12.8. The number of aryl methyl sites for hydroxylation is 3. The van der Waals surface area contributed by atoms with E-state index in [0.29, 0.717) is 0 Å². The molecule has 3 heteroatoms. The van der Waals surface area contributed by atoms with Crippen LogP contribution < -0.4 is 5.73 Å². The second kappa shape index (κ2) is 4.80. The third kappa shape index (κ3) is 2.26. The van der Waals surface area contributed by atoms with E-state index in [-0.39, 0.29) is 6.04 Å². The molecule has 0 spiro atoms. The third-order valence-corrected chi connectivity index (χ3v) is 5.45. The van der Waals surface area contributed by atoms with Crippen LogP contribution in [0.25, 0.3) is 0 Å². The Morgan fingerprint density at radius 2 is 2.11 bits per heavy atom. The third-order valence-electron chi connectivity index (χ3n) is 4.31. The maximum absolute atomic E-state index is 6.24. The van der Waals surface area contributed by atoms with Crippen molar-refractivity contribution in [3.8, 4) is 0 Å². The molecule has 1 unspecified atom stereocenters. The molecule has 0 bridgehead atoms. The Kier molecular flexibility index (Phi) is 3.27. The first-order valence-electron chi connectivity index (χ1n) is 7.06. The lowest BCUT2D eigenvalue weighted by atomic mass is 9.93. The SMILES string of the molecule is Cc1cc(Cn2c(C)cc3c2CCCC3N)sc1C. The molecule has 0 fully saturated rings. The minimum absolute atomic E-state index is 0.246. The molecule has 0 aliphatic heterocycles. The van der Waals surface area contributed by atoms with Crippen LogP contribution in [0, 0.1) is 20.8 Å². The lowest BCUT2D eigenvalue weighted by Gasteiger charge is -2.21. The first-order valence-corrected chi connectivity index (χ1v) is 7.88. The second-order valence-electron chi connectivity index (χ2n) is 5.72. The fourth-order valence-electron chi connectivity index (χ4n) is 3.10. The molecular weight excluding hydrogens is 252 g/mol. The molecule has 1 aliphatic carbocycles. The van der Waals surface area contributed by atoms with Crippen molar-refractivity contribution in [1.82, 2.24) is 4.57 Å². The molecule has 0 aromatic carbocycles. The van der Waals surface area contributed by atoms with Gasteiger partial charge in [0.1, 0.15) is 0 Å². The van der Waals surface area contributed by atoms with Crippen LogP contribution >= 0.6 is 11.3 Å². The van der Waals surface area contributed by atoms with E-state index in [9.17, 15) is 0 Å². The first kappa shape index (κ1) is 12.9. The van der Waals surface area contributed by atoms with Gasteiger partial charge in [0.15, 0.2) is 0 Å². The van der Waals surface area contributed by atoms with Gasteiger partial charge >= 0.3 is 0 Å². The van der Waals surface area contributed by atoms with E-state index >= 15 is 0 Å². The minimum atomic E-state index is 0.246. The van der Waals surface area contributed by atoms with Crippen molar-refractivity contribution in [2.24, 2.45) is 5.73 Å². The zero-order valence-electron chi connectivity index (χ0n) is 12.0. The van der Waals surface area contributed by atoms with E-state index in [1.807, 2.05) is 11.3 Å².